The molecule has 2 atom stereocenters. The maximum atomic E-state index is 9.21. The Balaban J connectivity index is 1.77. The summed E-state index contributed by atoms with van der Waals surface area (Å²) in [6, 6.07) is 0. The van der Waals surface area contributed by atoms with Crippen molar-refractivity contribution in [1.29, 1.82) is 0 Å². The molecule has 0 radical (unpaired) electrons. The molecule has 0 aliphatic carbocycles. The van der Waals surface area contributed by atoms with Gasteiger partial charge < -0.3 is 14.4 Å². The number of aromatic nitrogens is 2. The molecule has 3 rings (SSSR count). The minimum atomic E-state index is 0.203. The van der Waals surface area contributed by atoms with Crippen molar-refractivity contribution in [2.45, 2.75) is 44.8 Å². The maximum Gasteiger partial charge on any atom is 0.109 e. The monoisotopic (exact) mass is 236 g/mol. The van der Waals surface area contributed by atoms with Crippen LogP contribution in [0.5, 0.6) is 0 Å². The molecule has 17 heavy (non-hydrogen) atoms. The normalized spacial score (nSPS) is 29.0. The van der Waals surface area contributed by atoms with Gasteiger partial charge in [0.25, 0.3) is 0 Å². The molecule has 1 saturated heterocycles. The average Bonchev–Trinajstić information content (AvgIpc) is 2.82. The van der Waals surface area contributed by atoms with E-state index in [-0.39, 0.29) is 12.7 Å². The van der Waals surface area contributed by atoms with Crippen molar-refractivity contribution >= 4 is 0 Å². The topological polar surface area (TPSA) is 47.3 Å². The Kier molecular flexibility index (Phi) is 3.16. The van der Waals surface area contributed by atoms with Gasteiger partial charge >= 0.3 is 0 Å². The molecule has 0 saturated carbocycles. The molecule has 2 aliphatic heterocycles. The molecule has 2 unspecified atom stereocenters. The molecule has 94 valence electrons. The lowest BCUT2D eigenvalue weighted by Crippen LogP contribution is -2.21. The van der Waals surface area contributed by atoms with Crippen LogP contribution in [0, 0.1) is 5.92 Å². The zero-order valence-corrected chi connectivity index (χ0v) is 10.1. The molecule has 1 aromatic heterocycles. The second-order valence-electron chi connectivity index (χ2n) is 5.17. The van der Waals surface area contributed by atoms with Crippen LogP contribution in [0.2, 0.25) is 0 Å². The summed E-state index contributed by atoms with van der Waals surface area (Å²) >= 11 is 0. The van der Waals surface area contributed by atoms with Gasteiger partial charge in [0.15, 0.2) is 0 Å². The van der Waals surface area contributed by atoms with Gasteiger partial charge in [0.05, 0.1) is 5.69 Å². The number of imidazole rings is 1. The Morgan fingerprint density at radius 3 is 3.12 bits per heavy atom. The van der Waals surface area contributed by atoms with Crippen LogP contribution < -0.4 is 0 Å². The van der Waals surface area contributed by atoms with Crippen molar-refractivity contribution in [3.05, 3.63) is 17.7 Å². The van der Waals surface area contributed by atoms with Crippen LogP contribution in [0.1, 0.15) is 43.3 Å². The van der Waals surface area contributed by atoms with E-state index in [0.29, 0.717) is 5.92 Å². The van der Waals surface area contributed by atoms with E-state index in [0.717, 1.165) is 43.9 Å². The molecule has 3 heterocycles. The molecule has 0 bridgehead atoms. The summed E-state index contributed by atoms with van der Waals surface area (Å²) in [6.07, 6.45) is 7.84. The predicted octanol–water partition coefficient (Wildman–Crippen LogP) is 1.68. The fourth-order valence-corrected chi connectivity index (χ4v) is 2.80. The number of aliphatic hydroxyl groups is 1. The Morgan fingerprint density at radius 1 is 1.41 bits per heavy atom. The van der Waals surface area contributed by atoms with Gasteiger partial charge in [-0.25, -0.2) is 4.98 Å². The Hall–Kier alpha value is -0.870. The Labute approximate surface area is 102 Å². The molecule has 1 aromatic rings. The van der Waals surface area contributed by atoms with E-state index in [1.165, 1.54) is 12.8 Å². The quantitative estimate of drug-likeness (QED) is 0.850. The van der Waals surface area contributed by atoms with Crippen LogP contribution in [0.3, 0.4) is 0 Å². The maximum absolute atomic E-state index is 9.21. The summed E-state index contributed by atoms with van der Waals surface area (Å²) in [7, 11) is 0. The molecule has 1 N–H and O–H groups in total. The van der Waals surface area contributed by atoms with Gasteiger partial charge in [-0.1, -0.05) is 0 Å². The SMILES string of the molecule is OCC1CCn2cc(C3CCCCO3)nc2C1. The van der Waals surface area contributed by atoms with E-state index >= 15 is 0 Å². The second-order valence-corrected chi connectivity index (χ2v) is 5.17. The van der Waals surface area contributed by atoms with Gasteiger partial charge in [-0.15, -0.1) is 0 Å². The van der Waals surface area contributed by atoms with Gasteiger partial charge in [-0.2, -0.15) is 0 Å². The van der Waals surface area contributed by atoms with Crippen molar-refractivity contribution in [2.24, 2.45) is 5.92 Å². The molecule has 0 spiro atoms. The third-order valence-corrected chi connectivity index (χ3v) is 3.90. The highest BCUT2D eigenvalue weighted by atomic mass is 16.5. The Morgan fingerprint density at radius 2 is 2.35 bits per heavy atom. The van der Waals surface area contributed by atoms with E-state index in [1.807, 2.05) is 0 Å². The summed E-state index contributed by atoms with van der Waals surface area (Å²) in [4.78, 5) is 4.70. The first-order chi connectivity index (χ1) is 8.36. The molecular weight excluding hydrogens is 216 g/mol. The van der Waals surface area contributed by atoms with Gasteiger partial charge in [0.2, 0.25) is 0 Å². The first kappa shape index (κ1) is 11.2. The van der Waals surface area contributed by atoms with Crippen molar-refractivity contribution < 1.29 is 9.84 Å². The third kappa shape index (κ3) is 2.24. The smallest absolute Gasteiger partial charge is 0.109 e. The zero-order valence-electron chi connectivity index (χ0n) is 10.1. The van der Waals surface area contributed by atoms with Crippen molar-refractivity contribution in [1.82, 2.24) is 9.55 Å². The Bertz CT molecular complexity index is 383. The van der Waals surface area contributed by atoms with Crippen LogP contribution in [-0.2, 0) is 17.7 Å². The minimum Gasteiger partial charge on any atom is -0.396 e. The molecule has 2 aliphatic rings. The molecule has 4 nitrogen and oxygen atoms in total. The molecule has 4 heteroatoms. The summed E-state index contributed by atoms with van der Waals surface area (Å²) in [5, 5.41) is 9.21. The fraction of sp³-hybridized carbons (Fsp3) is 0.769. The van der Waals surface area contributed by atoms with Gasteiger partial charge in [0, 0.05) is 32.4 Å². The standard InChI is InChI=1S/C13H20N2O2/c16-9-10-4-5-15-8-11(14-13(15)7-10)12-3-1-2-6-17-12/h8,10,12,16H,1-7,9H2. The predicted molar refractivity (Wildman–Crippen MR) is 63.7 cm³/mol. The second kappa shape index (κ2) is 4.78. The highest BCUT2D eigenvalue weighted by Gasteiger charge is 2.24. The van der Waals surface area contributed by atoms with Crippen LogP contribution in [0.25, 0.3) is 0 Å². The number of fused-ring (bicyclic) bond motifs is 1. The summed E-state index contributed by atoms with van der Waals surface area (Å²) < 4.78 is 8.01. The first-order valence-corrected chi connectivity index (χ1v) is 6.65. The number of nitrogens with zero attached hydrogens (tertiary/aromatic N) is 2. The van der Waals surface area contributed by atoms with Crippen LogP contribution in [-0.4, -0.2) is 27.9 Å². The number of hydrogen-bond donors (Lipinski definition) is 1. The molecule has 0 aromatic carbocycles. The van der Waals surface area contributed by atoms with Gasteiger partial charge in [-0.3, -0.25) is 0 Å². The number of aryl methyl sites for hydroxylation is 1. The van der Waals surface area contributed by atoms with Crippen LogP contribution >= 0.6 is 0 Å². The zero-order chi connectivity index (χ0) is 11.7. The largest absolute Gasteiger partial charge is 0.396 e. The minimum absolute atomic E-state index is 0.203. The fourth-order valence-electron chi connectivity index (χ4n) is 2.80. The van der Waals surface area contributed by atoms with E-state index < -0.39 is 0 Å². The van der Waals surface area contributed by atoms with E-state index in [1.54, 1.807) is 0 Å². The van der Waals surface area contributed by atoms with Gasteiger partial charge in [-0.05, 0) is 31.6 Å². The number of rotatable bonds is 2. The lowest BCUT2D eigenvalue weighted by Gasteiger charge is -2.20. The van der Waals surface area contributed by atoms with Crippen molar-refractivity contribution in [3.63, 3.8) is 0 Å². The summed E-state index contributed by atoms with van der Waals surface area (Å²) in [5.74, 6) is 1.52. The summed E-state index contributed by atoms with van der Waals surface area (Å²) in [5.41, 5.74) is 1.10. The molecule has 0 amide bonds. The number of aliphatic hydroxyl groups excluding tert-OH is 1. The lowest BCUT2D eigenvalue weighted by molar-refractivity contribution is 0.0124. The average molecular weight is 236 g/mol. The van der Waals surface area contributed by atoms with Crippen LogP contribution in [0.4, 0.5) is 0 Å². The van der Waals surface area contributed by atoms with E-state index in [4.69, 9.17) is 9.72 Å². The summed E-state index contributed by atoms with van der Waals surface area (Å²) in [6.45, 7) is 2.13. The lowest BCUT2D eigenvalue weighted by atomic mass is 9.99. The highest BCUT2D eigenvalue weighted by Crippen LogP contribution is 2.29. The number of hydrogen-bond acceptors (Lipinski definition) is 3. The van der Waals surface area contributed by atoms with Crippen molar-refractivity contribution in [2.75, 3.05) is 13.2 Å². The first-order valence-electron chi connectivity index (χ1n) is 6.65. The third-order valence-electron chi connectivity index (χ3n) is 3.90. The van der Waals surface area contributed by atoms with Gasteiger partial charge in [0.1, 0.15) is 11.9 Å². The molecule has 1 fully saturated rings. The van der Waals surface area contributed by atoms with Crippen LogP contribution in [0.15, 0.2) is 6.20 Å². The highest BCUT2D eigenvalue weighted by molar-refractivity contribution is 5.10. The van der Waals surface area contributed by atoms with E-state index in [2.05, 4.69) is 10.8 Å². The number of ether oxygens (including phenoxy) is 1. The van der Waals surface area contributed by atoms with Crippen molar-refractivity contribution in [3.8, 4) is 0 Å². The van der Waals surface area contributed by atoms with E-state index in [9.17, 15) is 5.11 Å². The molecular formula is C13H20N2O2.